The van der Waals surface area contributed by atoms with E-state index < -0.39 is 16.6 Å². The molecule has 0 fully saturated rings. The van der Waals surface area contributed by atoms with Crippen molar-refractivity contribution in [1.29, 1.82) is 0 Å². The molecule has 9 heteroatoms. The first-order valence-corrected chi connectivity index (χ1v) is 7.51. The molecule has 25 heavy (non-hydrogen) atoms. The molecular formula is C16H15N3O6. The number of carbonyl (C=O) groups is 1. The molecule has 0 saturated carbocycles. The Morgan fingerprint density at radius 3 is 2.92 bits per heavy atom. The molecule has 0 radical (unpaired) electrons. The van der Waals surface area contributed by atoms with Crippen molar-refractivity contribution in [3.05, 3.63) is 52.7 Å². The van der Waals surface area contributed by atoms with Crippen LogP contribution in [0.25, 0.3) is 0 Å². The summed E-state index contributed by atoms with van der Waals surface area (Å²) in [7, 11) is 0. The molecule has 1 aliphatic rings. The van der Waals surface area contributed by atoms with Gasteiger partial charge in [0.1, 0.15) is 18.9 Å². The van der Waals surface area contributed by atoms with Gasteiger partial charge in [-0.3, -0.25) is 4.79 Å². The van der Waals surface area contributed by atoms with E-state index in [-0.39, 0.29) is 25.0 Å². The van der Waals surface area contributed by atoms with E-state index in [9.17, 15) is 14.9 Å². The number of nitrogens with one attached hydrogen (secondary N) is 1. The molecule has 130 valence electrons. The molecule has 9 nitrogen and oxygen atoms in total. The number of hydrogen-bond acceptors (Lipinski definition) is 7. The minimum Gasteiger partial charge on any atom is -0.486 e. The van der Waals surface area contributed by atoms with E-state index in [4.69, 9.17) is 14.2 Å². The van der Waals surface area contributed by atoms with Crippen LogP contribution >= 0.6 is 0 Å². The highest BCUT2D eigenvalue weighted by molar-refractivity contribution is 5.77. The van der Waals surface area contributed by atoms with Gasteiger partial charge in [0.15, 0.2) is 18.1 Å². The van der Waals surface area contributed by atoms with Gasteiger partial charge in [0, 0.05) is 0 Å². The molecule has 1 aromatic heterocycles. The lowest BCUT2D eigenvalue weighted by atomic mass is 10.2. The maximum absolute atomic E-state index is 11.9. The zero-order valence-corrected chi connectivity index (χ0v) is 13.1. The quantitative estimate of drug-likeness (QED) is 0.620. The number of carbonyl (C=O) groups excluding carboxylic acids is 1. The molecule has 0 spiro atoms. The number of fused-ring (bicyclic) bond motifs is 1. The van der Waals surface area contributed by atoms with Crippen LogP contribution in [0.2, 0.25) is 0 Å². The Hall–Kier alpha value is -3.36. The van der Waals surface area contributed by atoms with Crippen LogP contribution in [-0.4, -0.2) is 41.7 Å². The number of nitrogens with zero attached hydrogens (tertiary/aromatic N) is 2. The zero-order valence-electron chi connectivity index (χ0n) is 13.1. The Morgan fingerprint density at radius 2 is 2.12 bits per heavy atom. The second kappa shape index (κ2) is 7.47. The number of para-hydroxylation sites is 2. The number of hydrogen-bond donors (Lipinski definition) is 1. The lowest BCUT2D eigenvalue weighted by Gasteiger charge is -2.26. The van der Waals surface area contributed by atoms with Crippen LogP contribution in [-0.2, 0) is 4.79 Å². The first-order valence-electron chi connectivity index (χ1n) is 7.51. The molecule has 1 aromatic carbocycles. The summed E-state index contributed by atoms with van der Waals surface area (Å²) in [6.07, 6.45) is 0.954. The maximum atomic E-state index is 11.9. The molecule has 0 saturated heterocycles. The lowest BCUT2D eigenvalue weighted by Crippen LogP contribution is -2.42. The van der Waals surface area contributed by atoms with Crippen LogP contribution in [0.5, 0.6) is 17.2 Å². The van der Waals surface area contributed by atoms with Crippen molar-refractivity contribution in [2.75, 3.05) is 19.8 Å². The average molecular weight is 345 g/mol. The average Bonchev–Trinajstić information content (AvgIpc) is 2.64. The highest BCUT2D eigenvalue weighted by Gasteiger charge is 2.21. The van der Waals surface area contributed by atoms with E-state index in [1.165, 1.54) is 18.3 Å². The van der Waals surface area contributed by atoms with E-state index >= 15 is 0 Å². The van der Waals surface area contributed by atoms with E-state index in [1.807, 2.05) is 12.1 Å². The molecule has 1 aliphatic heterocycles. The Bertz CT molecular complexity index is 782. The van der Waals surface area contributed by atoms with Gasteiger partial charge in [-0.15, -0.1) is 0 Å². The first-order chi connectivity index (χ1) is 12.1. The summed E-state index contributed by atoms with van der Waals surface area (Å²) < 4.78 is 16.4. The number of nitro groups is 1. The maximum Gasteiger partial charge on any atom is 0.406 e. The van der Waals surface area contributed by atoms with Crippen LogP contribution in [0.3, 0.4) is 0 Å². The van der Waals surface area contributed by atoms with Crippen molar-refractivity contribution in [2.24, 2.45) is 0 Å². The number of rotatable bonds is 6. The minimum atomic E-state index is -0.669. The third-order valence-electron chi connectivity index (χ3n) is 3.38. The van der Waals surface area contributed by atoms with Crippen LogP contribution in [0.15, 0.2) is 42.6 Å². The third kappa shape index (κ3) is 4.14. The standard InChI is InChI=1S/C16H15N3O6/c20-15(10-24-14-6-3-7-17-16(14)19(21)22)18-8-11-9-23-12-4-1-2-5-13(12)25-11/h1-7,11H,8-10H2,(H,18,20). The smallest absolute Gasteiger partial charge is 0.406 e. The molecule has 0 bridgehead atoms. The monoisotopic (exact) mass is 345 g/mol. The van der Waals surface area contributed by atoms with Crippen molar-refractivity contribution in [3.8, 4) is 17.2 Å². The number of ether oxygens (including phenoxy) is 3. The van der Waals surface area contributed by atoms with E-state index in [0.717, 1.165) is 0 Å². The first kappa shape index (κ1) is 16.5. The van der Waals surface area contributed by atoms with Gasteiger partial charge in [-0.25, -0.2) is 0 Å². The Morgan fingerprint density at radius 1 is 1.32 bits per heavy atom. The van der Waals surface area contributed by atoms with Crippen LogP contribution in [0.4, 0.5) is 5.82 Å². The Labute approximate surface area is 142 Å². The Kier molecular flexibility index (Phi) is 4.93. The normalized spacial score (nSPS) is 15.3. The molecule has 1 N–H and O–H groups in total. The number of aromatic nitrogens is 1. The van der Waals surface area contributed by atoms with Gasteiger partial charge in [-0.1, -0.05) is 12.1 Å². The predicted molar refractivity (Wildman–Crippen MR) is 85.7 cm³/mol. The molecule has 0 aliphatic carbocycles. The summed E-state index contributed by atoms with van der Waals surface area (Å²) in [5.41, 5.74) is 0. The largest absolute Gasteiger partial charge is 0.486 e. The summed E-state index contributed by atoms with van der Waals surface area (Å²) in [6.45, 7) is 0.175. The van der Waals surface area contributed by atoms with Crippen molar-refractivity contribution in [2.45, 2.75) is 6.10 Å². The summed E-state index contributed by atoms with van der Waals surface area (Å²) in [5.74, 6) is 0.359. The van der Waals surface area contributed by atoms with Crippen LogP contribution in [0.1, 0.15) is 0 Å². The van der Waals surface area contributed by atoms with Gasteiger partial charge in [0.25, 0.3) is 5.91 Å². The fourth-order valence-corrected chi connectivity index (χ4v) is 2.22. The van der Waals surface area contributed by atoms with Crippen molar-refractivity contribution in [3.63, 3.8) is 0 Å². The van der Waals surface area contributed by atoms with Gasteiger partial charge in [0.2, 0.25) is 5.75 Å². The van der Waals surface area contributed by atoms with E-state index in [0.29, 0.717) is 18.1 Å². The fraction of sp³-hybridized carbons (Fsp3) is 0.250. The SMILES string of the molecule is O=C(COc1cccnc1[N+](=O)[O-])NCC1COc2ccccc2O1. The lowest BCUT2D eigenvalue weighted by molar-refractivity contribution is -0.390. The van der Waals surface area contributed by atoms with E-state index in [2.05, 4.69) is 10.3 Å². The second-order valence-corrected chi connectivity index (χ2v) is 5.17. The summed E-state index contributed by atoms with van der Waals surface area (Å²) in [4.78, 5) is 25.6. The van der Waals surface area contributed by atoms with Gasteiger partial charge in [0.05, 0.1) is 6.54 Å². The minimum absolute atomic E-state index is 0.0613. The van der Waals surface area contributed by atoms with Crippen molar-refractivity contribution < 1.29 is 23.9 Å². The molecule has 1 unspecified atom stereocenters. The summed E-state index contributed by atoms with van der Waals surface area (Å²) in [5, 5.41) is 13.5. The number of pyridine rings is 1. The highest BCUT2D eigenvalue weighted by atomic mass is 16.6. The van der Waals surface area contributed by atoms with Gasteiger partial charge in [-0.2, -0.15) is 0 Å². The van der Waals surface area contributed by atoms with Crippen molar-refractivity contribution in [1.82, 2.24) is 10.3 Å². The number of benzene rings is 1. The third-order valence-corrected chi connectivity index (χ3v) is 3.38. The topological polar surface area (TPSA) is 113 Å². The van der Waals surface area contributed by atoms with Gasteiger partial charge >= 0.3 is 5.82 Å². The number of amides is 1. The van der Waals surface area contributed by atoms with Crippen LogP contribution in [0, 0.1) is 10.1 Å². The second-order valence-electron chi connectivity index (χ2n) is 5.17. The Balaban J connectivity index is 1.47. The highest BCUT2D eigenvalue weighted by Crippen LogP contribution is 2.30. The summed E-state index contributed by atoms with van der Waals surface area (Å²) in [6, 6.07) is 10.1. The molecule has 1 amide bonds. The molecule has 3 rings (SSSR count). The zero-order chi connectivity index (χ0) is 17.6. The molecular weight excluding hydrogens is 330 g/mol. The van der Waals surface area contributed by atoms with Gasteiger partial charge < -0.3 is 29.6 Å². The van der Waals surface area contributed by atoms with Crippen molar-refractivity contribution >= 4 is 11.7 Å². The fourth-order valence-electron chi connectivity index (χ4n) is 2.22. The molecule has 2 heterocycles. The van der Waals surface area contributed by atoms with E-state index in [1.54, 1.807) is 12.1 Å². The predicted octanol–water partition coefficient (Wildman–Crippen LogP) is 1.32. The summed E-state index contributed by atoms with van der Waals surface area (Å²) >= 11 is 0. The molecule has 1 atom stereocenters. The molecule has 2 aromatic rings. The van der Waals surface area contributed by atoms with Gasteiger partial charge in [-0.05, 0) is 34.2 Å². The van der Waals surface area contributed by atoms with Crippen LogP contribution < -0.4 is 19.5 Å².